The highest BCUT2D eigenvalue weighted by molar-refractivity contribution is 6.03. The van der Waals surface area contributed by atoms with Crippen LogP contribution in [0.2, 0.25) is 0 Å². The highest BCUT2D eigenvalue weighted by atomic mass is 16.7. The first kappa shape index (κ1) is 43.7. The number of hydrogen-bond acceptors (Lipinski definition) is 10. The Balaban J connectivity index is 1.54. The third-order valence-electron chi connectivity index (χ3n) is 11.8. The Bertz CT molecular complexity index is 1700. The van der Waals surface area contributed by atoms with E-state index in [1.807, 2.05) is 42.5 Å². The van der Waals surface area contributed by atoms with Gasteiger partial charge in [-0.3, -0.25) is 9.80 Å². The van der Waals surface area contributed by atoms with Gasteiger partial charge in [0, 0.05) is 57.3 Å². The van der Waals surface area contributed by atoms with Crippen molar-refractivity contribution in [2.24, 2.45) is 28.3 Å². The molecule has 2 aromatic rings. The van der Waals surface area contributed by atoms with Crippen molar-refractivity contribution in [2.75, 3.05) is 59.2 Å². The third kappa shape index (κ3) is 10.6. The number of aliphatic hydroxyl groups is 2. The first-order valence-corrected chi connectivity index (χ1v) is 21.6. The number of allylic oxidation sites excluding steroid dienone is 1. The van der Waals surface area contributed by atoms with Crippen LogP contribution in [0.3, 0.4) is 0 Å². The van der Waals surface area contributed by atoms with Crippen molar-refractivity contribution < 1.29 is 38.8 Å². The molecule has 6 rings (SSSR count). The Morgan fingerprint density at radius 3 is 2.52 bits per heavy atom. The summed E-state index contributed by atoms with van der Waals surface area (Å²) < 4.78 is 26.9. The number of fused-ring (bicyclic) bond motifs is 2. The lowest BCUT2D eigenvalue weighted by atomic mass is 9.55. The second-order valence-electron chi connectivity index (χ2n) is 17.5. The maximum atomic E-state index is 14.4. The lowest BCUT2D eigenvalue weighted by molar-refractivity contribution is -0.255. The van der Waals surface area contributed by atoms with Crippen molar-refractivity contribution in [3.05, 3.63) is 84.0 Å². The van der Waals surface area contributed by atoms with Crippen molar-refractivity contribution in [2.45, 2.75) is 103 Å². The Kier molecular flexibility index (Phi) is 15.3. The fourth-order valence-electron chi connectivity index (χ4n) is 9.06. The van der Waals surface area contributed by atoms with E-state index in [1.54, 1.807) is 11.0 Å². The first-order chi connectivity index (χ1) is 28.1. The lowest BCUT2D eigenvalue weighted by Gasteiger charge is -2.60. The van der Waals surface area contributed by atoms with Gasteiger partial charge in [-0.15, -0.1) is 6.58 Å². The minimum Gasteiger partial charge on any atom is -0.492 e. The highest BCUT2D eigenvalue weighted by Gasteiger charge is 2.65. The molecule has 11 heteroatoms. The normalized spacial score (nSPS) is 25.5. The molecule has 0 aromatic heterocycles. The van der Waals surface area contributed by atoms with E-state index in [1.165, 1.54) is 0 Å². The van der Waals surface area contributed by atoms with Gasteiger partial charge < -0.3 is 34.0 Å². The van der Waals surface area contributed by atoms with Crippen LogP contribution in [0.4, 0.5) is 4.79 Å². The van der Waals surface area contributed by atoms with E-state index in [4.69, 9.17) is 28.9 Å². The van der Waals surface area contributed by atoms with E-state index < -0.39 is 23.8 Å². The molecule has 2 aliphatic carbocycles. The van der Waals surface area contributed by atoms with Gasteiger partial charge >= 0.3 is 6.09 Å². The molecule has 1 saturated carbocycles. The summed E-state index contributed by atoms with van der Waals surface area (Å²) in [7, 11) is 0. The summed E-state index contributed by atoms with van der Waals surface area (Å²) in [6, 6.07) is 15.5. The molecule has 58 heavy (non-hydrogen) atoms. The van der Waals surface area contributed by atoms with Gasteiger partial charge in [-0.25, -0.2) is 4.79 Å². The summed E-state index contributed by atoms with van der Waals surface area (Å²) in [4.78, 5) is 24.8. The quantitative estimate of drug-likeness (QED) is 0.0527. The monoisotopic (exact) mass is 801 g/mol. The minimum absolute atomic E-state index is 0.123. The van der Waals surface area contributed by atoms with E-state index >= 15 is 0 Å². The van der Waals surface area contributed by atoms with Crippen molar-refractivity contribution in [3.63, 3.8) is 0 Å². The summed E-state index contributed by atoms with van der Waals surface area (Å²) in [5.74, 6) is -0.103. The topological polar surface area (TPSA) is 122 Å². The number of oxime groups is 1. The third-order valence-corrected chi connectivity index (χ3v) is 11.8. The molecule has 2 aromatic carbocycles. The highest BCUT2D eigenvalue weighted by Crippen LogP contribution is 2.62. The average Bonchev–Trinajstić information content (AvgIpc) is 4.05. The zero-order chi connectivity index (χ0) is 41.1. The Morgan fingerprint density at radius 2 is 1.83 bits per heavy atom. The molecule has 1 saturated heterocycles. The van der Waals surface area contributed by atoms with E-state index in [0.29, 0.717) is 51.2 Å². The van der Waals surface area contributed by atoms with Crippen LogP contribution in [0.5, 0.6) is 11.5 Å². The molecule has 0 bridgehead atoms. The summed E-state index contributed by atoms with van der Waals surface area (Å²) in [5.41, 5.74) is 3.58. The molecular formula is C47H67N3O8. The summed E-state index contributed by atoms with van der Waals surface area (Å²) in [5, 5.41) is 24.8. The molecule has 2 aliphatic heterocycles. The van der Waals surface area contributed by atoms with Crippen molar-refractivity contribution >= 4 is 11.8 Å². The van der Waals surface area contributed by atoms with Gasteiger partial charge in [0.05, 0.1) is 24.8 Å². The van der Waals surface area contributed by atoms with Crippen molar-refractivity contribution in [1.82, 2.24) is 9.80 Å². The predicted molar refractivity (Wildman–Crippen MR) is 226 cm³/mol. The maximum Gasteiger partial charge on any atom is 0.410 e. The zero-order valence-electron chi connectivity index (χ0n) is 35.3. The molecule has 6 atom stereocenters. The number of unbranched alkanes of at least 4 members (excludes halogenated alkanes) is 2. The van der Waals surface area contributed by atoms with E-state index in [2.05, 4.69) is 51.3 Å². The summed E-state index contributed by atoms with van der Waals surface area (Å²) in [6.07, 6.45) is 9.56. The molecule has 0 radical (unpaired) electrons. The molecule has 6 unspecified atom stereocenters. The van der Waals surface area contributed by atoms with Crippen LogP contribution in [0, 0.1) is 23.2 Å². The second kappa shape index (κ2) is 20.4. The van der Waals surface area contributed by atoms with Crippen molar-refractivity contribution in [3.8, 4) is 11.5 Å². The zero-order valence-corrected chi connectivity index (χ0v) is 35.3. The molecule has 318 valence electrons. The maximum absolute atomic E-state index is 14.4. The van der Waals surface area contributed by atoms with Gasteiger partial charge in [-0.05, 0) is 78.7 Å². The van der Waals surface area contributed by atoms with Crippen LogP contribution in [0.15, 0.2) is 78.0 Å². The Labute approximate surface area is 346 Å². The van der Waals surface area contributed by atoms with E-state index in [-0.39, 0.29) is 49.6 Å². The average molecular weight is 802 g/mol. The molecule has 2 heterocycles. The SMILES string of the molecule is C=CCOC12Oc3ccc(OCCN4CC4)cc3C3C(CCCCO)C(CCCCO)C=C(C(=NOCc4ccccc4)CC1N(CCC)C(=O)OCC(C)(C)C)C32. The number of nitrogens with zero attached hydrogens (tertiary/aromatic N) is 3. The van der Waals surface area contributed by atoms with Crippen LogP contribution in [0.1, 0.15) is 96.1 Å². The molecule has 0 spiro atoms. The van der Waals surface area contributed by atoms with Crippen LogP contribution >= 0.6 is 0 Å². The van der Waals surface area contributed by atoms with Gasteiger partial charge in [0.1, 0.15) is 30.8 Å². The van der Waals surface area contributed by atoms with E-state index in [9.17, 15) is 15.0 Å². The first-order valence-electron chi connectivity index (χ1n) is 21.6. The van der Waals surface area contributed by atoms with Crippen LogP contribution in [0.25, 0.3) is 0 Å². The summed E-state index contributed by atoms with van der Waals surface area (Å²) >= 11 is 0. The molecule has 2 N–H and O–H groups in total. The van der Waals surface area contributed by atoms with Crippen molar-refractivity contribution in [1.29, 1.82) is 0 Å². The number of carbonyl (C=O) groups is 1. The number of aliphatic hydroxyl groups excluding tert-OH is 2. The molecule has 11 nitrogen and oxygen atoms in total. The number of benzene rings is 2. The molecule has 2 fully saturated rings. The van der Waals surface area contributed by atoms with Crippen LogP contribution in [-0.4, -0.2) is 103 Å². The second-order valence-corrected chi connectivity index (χ2v) is 17.5. The van der Waals surface area contributed by atoms with Gasteiger partial charge in [-0.2, -0.15) is 0 Å². The molecule has 4 aliphatic rings. The number of amides is 1. The van der Waals surface area contributed by atoms with Gasteiger partial charge in [0.25, 0.3) is 0 Å². The fourth-order valence-corrected chi connectivity index (χ4v) is 9.06. The smallest absolute Gasteiger partial charge is 0.410 e. The number of ether oxygens (including phenoxy) is 4. The number of hydrogen-bond donors (Lipinski definition) is 2. The number of rotatable bonds is 22. The van der Waals surface area contributed by atoms with Gasteiger partial charge in [-0.1, -0.05) is 88.2 Å². The van der Waals surface area contributed by atoms with Gasteiger partial charge in [0.2, 0.25) is 5.79 Å². The van der Waals surface area contributed by atoms with Gasteiger partial charge in [0.15, 0.2) is 0 Å². The lowest BCUT2D eigenvalue weighted by Crippen LogP contribution is -2.70. The molecular weight excluding hydrogens is 735 g/mol. The van der Waals surface area contributed by atoms with Crippen LogP contribution < -0.4 is 9.47 Å². The van der Waals surface area contributed by atoms with E-state index in [0.717, 1.165) is 73.5 Å². The Morgan fingerprint density at radius 1 is 1.07 bits per heavy atom. The molecule has 1 amide bonds. The fraction of sp³-hybridized carbons (Fsp3) is 0.617. The minimum atomic E-state index is -1.33. The number of carbonyl (C=O) groups excluding carboxylic acids is 1. The van der Waals surface area contributed by atoms with Crippen LogP contribution in [-0.2, 0) is 20.9 Å². The largest absolute Gasteiger partial charge is 0.492 e. The Hall–Kier alpha value is -3.90. The predicted octanol–water partition coefficient (Wildman–Crippen LogP) is 8.11. The standard InChI is InChI=1S/C47H67N3O8/c1-6-21-50(45(53)55-33-46(3,4)5)42-31-40(48-57-32-34-15-9-8-10-16-34)38-29-35(17-11-13-25-51)37(18-12-14-26-52)43-39-30-36(54-28-24-49-22-23-49)19-20-41(39)58-47(42,44(38)43)56-27-7-2/h7-10,15-16,19-20,29-30,35,37,42-44,51-52H,2,6,11-14,17-18,21-28,31-33H2,1,3-5H3. The summed E-state index contributed by atoms with van der Waals surface area (Å²) in [6.45, 7) is 17.4.